The Morgan fingerprint density at radius 1 is 0.972 bits per heavy atom. The molecule has 5 rings (SSSR count). The number of benzene rings is 2. The number of aromatic nitrogens is 1. The Bertz CT molecular complexity index is 1490. The number of anilines is 1. The molecule has 4 aromatic rings. The van der Waals surface area contributed by atoms with Crippen LogP contribution in [0, 0.1) is 6.92 Å². The molecule has 0 N–H and O–H groups in total. The van der Waals surface area contributed by atoms with Gasteiger partial charge in [-0.3, -0.25) is 14.5 Å². The van der Waals surface area contributed by atoms with Crippen molar-refractivity contribution in [3.05, 3.63) is 93.5 Å². The summed E-state index contributed by atoms with van der Waals surface area (Å²) in [6.07, 6.45) is 1.95. The second kappa shape index (κ2) is 9.85. The molecular weight excluding hydrogens is 456 g/mol. The first kappa shape index (κ1) is 23.6. The van der Waals surface area contributed by atoms with E-state index >= 15 is 0 Å². The van der Waals surface area contributed by atoms with E-state index in [0.29, 0.717) is 52.6 Å². The number of para-hydroxylation sites is 1. The summed E-state index contributed by atoms with van der Waals surface area (Å²) in [7, 11) is 0. The smallest absolute Gasteiger partial charge is 0.296 e. The molecular formula is C29H28N2O5. The Balaban J connectivity index is 1.71. The third-order valence-corrected chi connectivity index (χ3v) is 6.24. The zero-order valence-electron chi connectivity index (χ0n) is 20.6. The molecule has 0 fully saturated rings. The summed E-state index contributed by atoms with van der Waals surface area (Å²) in [4.78, 5) is 33.6. The van der Waals surface area contributed by atoms with Crippen molar-refractivity contribution in [1.82, 2.24) is 4.98 Å². The molecule has 0 radical (unpaired) electrons. The Morgan fingerprint density at radius 3 is 2.58 bits per heavy atom. The molecule has 2 aromatic heterocycles. The number of aryl methyl sites for hydroxylation is 1. The molecule has 0 bridgehead atoms. The summed E-state index contributed by atoms with van der Waals surface area (Å²) < 4.78 is 17.9. The van der Waals surface area contributed by atoms with E-state index < -0.39 is 11.9 Å². The second-order valence-electron chi connectivity index (χ2n) is 8.73. The van der Waals surface area contributed by atoms with Gasteiger partial charge in [-0.1, -0.05) is 37.6 Å². The first-order chi connectivity index (χ1) is 17.5. The number of hydrogen-bond acceptors (Lipinski definition) is 6. The average Bonchev–Trinajstić information content (AvgIpc) is 3.18. The highest BCUT2D eigenvalue weighted by molar-refractivity contribution is 6.10. The highest BCUT2D eigenvalue weighted by atomic mass is 16.5. The van der Waals surface area contributed by atoms with E-state index in [2.05, 4.69) is 11.9 Å². The first-order valence-corrected chi connectivity index (χ1v) is 12.3. The molecule has 0 aliphatic carbocycles. The molecule has 36 heavy (non-hydrogen) atoms. The fraction of sp³-hybridized carbons (Fsp3) is 0.276. The summed E-state index contributed by atoms with van der Waals surface area (Å²) in [5, 5.41) is 0.428. The third kappa shape index (κ3) is 4.11. The van der Waals surface area contributed by atoms with Crippen LogP contribution < -0.4 is 19.8 Å². The molecule has 1 atom stereocenters. The topological polar surface area (TPSA) is 81.9 Å². The maximum Gasteiger partial charge on any atom is 0.296 e. The van der Waals surface area contributed by atoms with Crippen LogP contribution in [0.1, 0.15) is 60.1 Å². The molecule has 7 nitrogen and oxygen atoms in total. The van der Waals surface area contributed by atoms with Crippen LogP contribution in [0.4, 0.5) is 5.82 Å². The molecule has 1 amide bonds. The van der Waals surface area contributed by atoms with Gasteiger partial charge in [-0.15, -0.1) is 0 Å². The van der Waals surface area contributed by atoms with Gasteiger partial charge in [0.1, 0.15) is 11.4 Å². The second-order valence-corrected chi connectivity index (χ2v) is 8.73. The van der Waals surface area contributed by atoms with Crippen molar-refractivity contribution in [2.75, 3.05) is 18.1 Å². The number of unbranched alkanes of at least 4 members (excludes halogenated alkanes) is 1. The Hall–Kier alpha value is -4.13. The van der Waals surface area contributed by atoms with Crippen molar-refractivity contribution in [1.29, 1.82) is 0 Å². The van der Waals surface area contributed by atoms with Crippen molar-refractivity contribution >= 4 is 22.7 Å². The quantitative estimate of drug-likeness (QED) is 0.293. The van der Waals surface area contributed by atoms with Gasteiger partial charge in [-0.2, -0.15) is 0 Å². The first-order valence-electron chi connectivity index (χ1n) is 12.3. The van der Waals surface area contributed by atoms with Gasteiger partial charge in [0.15, 0.2) is 16.9 Å². The van der Waals surface area contributed by atoms with Crippen LogP contribution in [0.15, 0.2) is 69.9 Å². The molecule has 0 saturated heterocycles. The SMILES string of the molecule is CCCCOc1ccc(C2c3c(oc4ccccc4c3=O)C(=O)N2c2cccc(C)n2)cc1OCC. The van der Waals surface area contributed by atoms with Crippen LogP contribution in [-0.4, -0.2) is 24.1 Å². The fourth-order valence-corrected chi connectivity index (χ4v) is 4.54. The third-order valence-electron chi connectivity index (χ3n) is 6.24. The van der Waals surface area contributed by atoms with E-state index in [9.17, 15) is 9.59 Å². The Morgan fingerprint density at radius 2 is 1.81 bits per heavy atom. The Kier molecular flexibility index (Phi) is 6.46. The number of hydrogen-bond donors (Lipinski definition) is 0. The van der Waals surface area contributed by atoms with E-state index in [1.165, 1.54) is 4.90 Å². The Labute approximate surface area is 209 Å². The minimum absolute atomic E-state index is 0.0354. The molecule has 0 spiro atoms. The highest BCUT2D eigenvalue weighted by Gasteiger charge is 2.44. The lowest BCUT2D eigenvalue weighted by Crippen LogP contribution is -2.30. The predicted molar refractivity (Wildman–Crippen MR) is 138 cm³/mol. The molecule has 1 aliphatic rings. The lowest BCUT2D eigenvalue weighted by Gasteiger charge is -2.25. The monoisotopic (exact) mass is 484 g/mol. The zero-order valence-corrected chi connectivity index (χ0v) is 20.6. The number of rotatable bonds is 8. The molecule has 1 aliphatic heterocycles. The van der Waals surface area contributed by atoms with Crippen LogP contribution >= 0.6 is 0 Å². The summed E-state index contributed by atoms with van der Waals surface area (Å²) in [5.74, 6) is 1.27. The van der Waals surface area contributed by atoms with E-state index in [4.69, 9.17) is 13.9 Å². The van der Waals surface area contributed by atoms with Gasteiger partial charge in [-0.05, 0) is 62.2 Å². The molecule has 0 saturated carbocycles. The molecule has 2 aromatic carbocycles. The van der Waals surface area contributed by atoms with Crippen molar-refractivity contribution < 1.29 is 18.7 Å². The number of nitrogens with zero attached hydrogens (tertiary/aromatic N) is 2. The number of amides is 1. The minimum atomic E-state index is -0.730. The van der Waals surface area contributed by atoms with Crippen molar-refractivity contribution in [2.24, 2.45) is 0 Å². The van der Waals surface area contributed by atoms with Gasteiger partial charge in [0, 0.05) is 5.69 Å². The predicted octanol–water partition coefficient (Wildman–Crippen LogP) is 5.82. The van der Waals surface area contributed by atoms with Crippen molar-refractivity contribution in [3.63, 3.8) is 0 Å². The van der Waals surface area contributed by atoms with E-state index in [1.54, 1.807) is 30.3 Å². The van der Waals surface area contributed by atoms with Gasteiger partial charge < -0.3 is 13.9 Å². The van der Waals surface area contributed by atoms with Crippen molar-refractivity contribution in [2.45, 2.75) is 39.7 Å². The van der Waals surface area contributed by atoms with Gasteiger partial charge in [0.25, 0.3) is 5.91 Å². The minimum Gasteiger partial charge on any atom is -0.490 e. The van der Waals surface area contributed by atoms with E-state index in [0.717, 1.165) is 18.5 Å². The summed E-state index contributed by atoms with van der Waals surface area (Å²) in [5.41, 5.74) is 1.90. The average molecular weight is 485 g/mol. The lowest BCUT2D eigenvalue weighted by molar-refractivity contribution is 0.0970. The molecule has 7 heteroatoms. The molecule has 1 unspecified atom stereocenters. The maximum absolute atomic E-state index is 13.7. The molecule has 3 heterocycles. The lowest BCUT2D eigenvalue weighted by atomic mass is 9.98. The normalized spacial score (nSPS) is 14.8. The van der Waals surface area contributed by atoms with E-state index in [-0.39, 0.29) is 11.2 Å². The van der Waals surface area contributed by atoms with E-state index in [1.807, 2.05) is 44.2 Å². The van der Waals surface area contributed by atoms with Gasteiger partial charge >= 0.3 is 0 Å². The fourth-order valence-electron chi connectivity index (χ4n) is 4.54. The van der Waals surface area contributed by atoms with Crippen LogP contribution in [0.5, 0.6) is 11.5 Å². The summed E-state index contributed by atoms with van der Waals surface area (Å²) in [6.45, 7) is 6.90. The number of ether oxygens (including phenoxy) is 2. The standard InChI is InChI=1S/C29H28N2O5/c1-4-6-16-35-22-15-14-19(17-23(22)34-5-2)26-25-27(32)20-11-7-8-12-21(20)36-28(25)29(33)31(26)24-13-9-10-18(3)30-24/h7-15,17,26H,4-6,16H2,1-3H3. The maximum atomic E-state index is 13.7. The summed E-state index contributed by atoms with van der Waals surface area (Å²) in [6, 6.07) is 17.3. The van der Waals surface area contributed by atoms with Crippen LogP contribution in [0.25, 0.3) is 11.0 Å². The van der Waals surface area contributed by atoms with Crippen LogP contribution in [-0.2, 0) is 0 Å². The number of fused-ring (bicyclic) bond motifs is 2. The van der Waals surface area contributed by atoms with Crippen molar-refractivity contribution in [3.8, 4) is 11.5 Å². The molecule has 184 valence electrons. The van der Waals surface area contributed by atoms with Gasteiger partial charge in [0.2, 0.25) is 5.76 Å². The number of carbonyl (C=O) groups is 1. The number of carbonyl (C=O) groups excluding carboxylic acids is 1. The van der Waals surface area contributed by atoms with Crippen LogP contribution in [0.3, 0.4) is 0 Å². The largest absolute Gasteiger partial charge is 0.490 e. The van der Waals surface area contributed by atoms with Gasteiger partial charge in [0.05, 0.1) is 30.2 Å². The van der Waals surface area contributed by atoms with Crippen LogP contribution in [0.2, 0.25) is 0 Å². The number of pyridine rings is 1. The highest BCUT2D eigenvalue weighted by Crippen LogP contribution is 2.42. The zero-order chi connectivity index (χ0) is 25.2. The van der Waals surface area contributed by atoms with Gasteiger partial charge in [-0.25, -0.2) is 4.98 Å². The summed E-state index contributed by atoms with van der Waals surface area (Å²) >= 11 is 0.